The summed E-state index contributed by atoms with van der Waals surface area (Å²) >= 11 is 0. The van der Waals surface area contributed by atoms with Crippen LogP contribution in [0.3, 0.4) is 0 Å². The van der Waals surface area contributed by atoms with Gasteiger partial charge < -0.3 is 15.4 Å². The average Bonchev–Trinajstić information content (AvgIpc) is 2.72. The topological polar surface area (TPSA) is 72.6 Å². The van der Waals surface area contributed by atoms with Crippen molar-refractivity contribution >= 4 is 11.9 Å². The van der Waals surface area contributed by atoms with Gasteiger partial charge in [-0.3, -0.25) is 9.59 Å². The Labute approximate surface area is 115 Å². The van der Waals surface area contributed by atoms with Crippen molar-refractivity contribution in [2.24, 2.45) is 11.1 Å². The standard InChI is InChI=1S/C14H26N2O3/c1-3-19-12(17)7-5-4-6-9-16-10-8-14(2,11-16)13(15)18/h3-11H2,1-2H3,(H2,15,18). The summed E-state index contributed by atoms with van der Waals surface area (Å²) in [6.07, 6.45) is 4.30. The maximum atomic E-state index is 11.3. The Hall–Kier alpha value is -1.10. The third kappa shape index (κ3) is 5.19. The van der Waals surface area contributed by atoms with Crippen molar-refractivity contribution < 1.29 is 14.3 Å². The number of carbonyl (C=O) groups excluding carboxylic acids is 2. The molecule has 0 aliphatic carbocycles. The molecule has 0 spiro atoms. The molecule has 110 valence electrons. The molecule has 1 amide bonds. The van der Waals surface area contributed by atoms with Crippen LogP contribution in [0, 0.1) is 5.41 Å². The molecule has 5 heteroatoms. The second-order valence-corrected chi connectivity index (χ2v) is 5.57. The zero-order chi connectivity index (χ0) is 14.3. The molecule has 1 atom stereocenters. The molecule has 1 aliphatic heterocycles. The minimum atomic E-state index is -0.356. The molecule has 0 aromatic rings. The summed E-state index contributed by atoms with van der Waals surface area (Å²) < 4.78 is 4.87. The molecular formula is C14H26N2O3. The molecular weight excluding hydrogens is 244 g/mol. The van der Waals surface area contributed by atoms with Crippen molar-refractivity contribution in [2.45, 2.75) is 46.0 Å². The Morgan fingerprint density at radius 1 is 1.32 bits per heavy atom. The Bertz CT molecular complexity index is 320. The molecule has 1 aliphatic rings. The van der Waals surface area contributed by atoms with Gasteiger partial charge in [0.15, 0.2) is 0 Å². The number of nitrogens with two attached hydrogens (primary N) is 1. The molecule has 1 unspecified atom stereocenters. The normalized spacial score (nSPS) is 23.5. The molecule has 0 radical (unpaired) electrons. The van der Waals surface area contributed by atoms with Gasteiger partial charge >= 0.3 is 5.97 Å². The van der Waals surface area contributed by atoms with Crippen LogP contribution in [-0.4, -0.2) is 43.0 Å². The molecule has 19 heavy (non-hydrogen) atoms. The van der Waals surface area contributed by atoms with Crippen LogP contribution in [0.4, 0.5) is 0 Å². The summed E-state index contributed by atoms with van der Waals surface area (Å²) in [5.41, 5.74) is 5.06. The van der Waals surface area contributed by atoms with E-state index in [1.54, 1.807) is 0 Å². The predicted molar refractivity (Wildman–Crippen MR) is 73.5 cm³/mol. The number of carbonyl (C=O) groups is 2. The molecule has 1 rings (SSSR count). The van der Waals surface area contributed by atoms with E-state index in [1.165, 1.54) is 0 Å². The quantitative estimate of drug-likeness (QED) is 0.533. The van der Waals surface area contributed by atoms with Crippen LogP contribution >= 0.6 is 0 Å². The minimum Gasteiger partial charge on any atom is -0.466 e. The number of unbranched alkanes of at least 4 members (excludes halogenated alkanes) is 2. The van der Waals surface area contributed by atoms with Gasteiger partial charge in [0.2, 0.25) is 5.91 Å². The van der Waals surface area contributed by atoms with Crippen molar-refractivity contribution in [3.05, 3.63) is 0 Å². The van der Waals surface area contributed by atoms with Gasteiger partial charge in [0.1, 0.15) is 0 Å². The van der Waals surface area contributed by atoms with Crippen molar-refractivity contribution in [2.75, 3.05) is 26.2 Å². The van der Waals surface area contributed by atoms with Crippen LogP contribution in [-0.2, 0) is 14.3 Å². The van der Waals surface area contributed by atoms with Gasteiger partial charge in [0.05, 0.1) is 12.0 Å². The van der Waals surface area contributed by atoms with Crippen LogP contribution in [0.15, 0.2) is 0 Å². The van der Waals surface area contributed by atoms with Gasteiger partial charge in [0.25, 0.3) is 0 Å². The van der Waals surface area contributed by atoms with Gasteiger partial charge in [-0.2, -0.15) is 0 Å². The van der Waals surface area contributed by atoms with Crippen LogP contribution in [0.2, 0.25) is 0 Å². The van der Waals surface area contributed by atoms with Crippen LogP contribution < -0.4 is 5.73 Å². The molecule has 0 aromatic carbocycles. The molecule has 0 aromatic heterocycles. The first-order chi connectivity index (χ1) is 8.98. The van der Waals surface area contributed by atoms with E-state index in [0.717, 1.165) is 45.3 Å². The van der Waals surface area contributed by atoms with Gasteiger partial charge in [0, 0.05) is 13.0 Å². The highest BCUT2D eigenvalue weighted by molar-refractivity contribution is 5.81. The number of ether oxygens (including phenoxy) is 1. The number of likely N-dealkylation sites (tertiary alicyclic amines) is 1. The lowest BCUT2D eigenvalue weighted by atomic mass is 9.89. The van der Waals surface area contributed by atoms with Crippen LogP contribution in [0.25, 0.3) is 0 Å². The second kappa shape index (κ2) is 7.48. The van der Waals surface area contributed by atoms with Crippen molar-refractivity contribution in [3.8, 4) is 0 Å². The summed E-state index contributed by atoms with van der Waals surface area (Å²) in [4.78, 5) is 24.8. The fraction of sp³-hybridized carbons (Fsp3) is 0.857. The third-order valence-electron chi connectivity index (χ3n) is 3.81. The third-order valence-corrected chi connectivity index (χ3v) is 3.81. The van der Waals surface area contributed by atoms with Crippen molar-refractivity contribution in [1.29, 1.82) is 0 Å². The molecule has 0 bridgehead atoms. The number of hydrogen-bond donors (Lipinski definition) is 1. The van der Waals surface area contributed by atoms with Crippen molar-refractivity contribution in [3.63, 3.8) is 0 Å². The van der Waals surface area contributed by atoms with E-state index in [2.05, 4.69) is 4.90 Å². The van der Waals surface area contributed by atoms with Gasteiger partial charge in [-0.1, -0.05) is 6.42 Å². The maximum Gasteiger partial charge on any atom is 0.305 e. The minimum absolute atomic E-state index is 0.107. The Morgan fingerprint density at radius 2 is 2.05 bits per heavy atom. The zero-order valence-corrected chi connectivity index (χ0v) is 12.1. The van der Waals surface area contributed by atoms with Gasteiger partial charge in [-0.15, -0.1) is 0 Å². The molecule has 0 saturated carbocycles. The first-order valence-electron chi connectivity index (χ1n) is 7.16. The second-order valence-electron chi connectivity index (χ2n) is 5.57. The smallest absolute Gasteiger partial charge is 0.305 e. The van der Waals surface area contributed by atoms with E-state index in [0.29, 0.717) is 13.0 Å². The fourth-order valence-corrected chi connectivity index (χ4v) is 2.46. The van der Waals surface area contributed by atoms with Gasteiger partial charge in [-0.05, 0) is 46.2 Å². The SMILES string of the molecule is CCOC(=O)CCCCCN1CCC(C)(C(N)=O)C1. The summed E-state index contributed by atoms with van der Waals surface area (Å²) in [7, 11) is 0. The Balaban J connectivity index is 2.08. The van der Waals surface area contributed by atoms with E-state index in [9.17, 15) is 9.59 Å². The Morgan fingerprint density at radius 3 is 2.63 bits per heavy atom. The largest absolute Gasteiger partial charge is 0.466 e. The van der Waals surface area contributed by atoms with E-state index in [4.69, 9.17) is 10.5 Å². The van der Waals surface area contributed by atoms with E-state index < -0.39 is 0 Å². The van der Waals surface area contributed by atoms with Crippen molar-refractivity contribution in [1.82, 2.24) is 4.90 Å². The first-order valence-corrected chi connectivity index (χ1v) is 7.16. The molecule has 1 heterocycles. The molecule has 1 saturated heterocycles. The Kier molecular flexibility index (Phi) is 6.28. The summed E-state index contributed by atoms with van der Waals surface area (Å²) in [5.74, 6) is -0.303. The predicted octanol–water partition coefficient (Wildman–Crippen LogP) is 1.31. The van der Waals surface area contributed by atoms with E-state index in [1.807, 2.05) is 13.8 Å². The number of amides is 1. The molecule has 1 fully saturated rings. The first kappa shape index (κ1) is 16.0. The average molecular weight is 270 g/mol. The number of nitrogens with zero attached hydrogens (tertiary/aromatic N) is 1. The summed E-state index contributed by atoms with van der Waals surface area (Å²) in [5, 5.41) is 0. The summed E-state index contributed by atoms with van der Waals surface area (Å²) in [6, 6.07) is 0. The van der Waals surface area contributed by atoms with Crippen LogP contribution in [0.1, 0.15) is 46.0 Å². The highest BCUT2D eigenvalue weighted by Gasteiger charge is 2.38. The lowest BCUT2D eigenvalue weighted by Crippen LogP contribution is -2.37. The van der Waals surface area contributed by atoms with Crippen LogP contribution in [0.5, 0.6) is 0 Å². The number of esters is 1. The molecule has 5 nitrogen and oxygen atoms in total. The maximum absolute atomic E-state index is 11.3. The lowest BCUT2D eigenvalue weighted by Gasteiger charge is -2.20. The molecule has 2 N–H and O–H groups in total. The zero-order valence-electron chi connectivity index (χ0n) is 12.1. The lowest BCUT2D eigenvalue weighted by molar-refractivity contribution is -0.143. The fourth-order valence-electron chi connectivity index (χ4n) is 2.46. The van der Waals surface area contributed by atoms with E-state index >= 15 is 0 Å². The van der Waals surface area contributed by atoms with E-state index in [-0.39, 0.29) is 17.3 Å². The number of primary amides is 1. The highest BCUT2D eigenvalue weighted by atomic mass is 16.5. The number of rotatable bonds is 8. The van der Waals surface area contributed by atoms with Gasteiger partial charge in [-0.25, -0.2) is 0 Å². The number of hydrogen-bond acceptors (Lipinski definition) is 4. The highest BCUT2D eigenvalue weighted by Crippen LogP contribution is 2.29. The summed E-state index contributed by atoms with van der Waals surface area (Å²) in [6.45, 7) is 6.90. The monoisotopic (exact) mass is 270 g/mol.